The van der Waals surface area contributed by atoms with Crippen molar-refractivity contribution in [2.45, 2.75) is 18.2 Å². The van der Waals surface area contributed by atoms with Crippen LogP contribution in [0.3, 0.4) is 0 Å². The lowest BCUT2D eigenvalue weighted by Gasteiger charge is -2.21. The van der Waals surface area contributed by atoms with Gasteiger partial charge in [-0.1, -0.05) is 23.8 Å². The number of benzene rings is 1. The lowest BCUT2D eigenvalue weighted by molar-refractivity contribution is 0.0769. The maximum Gasteiger partial charge on any atom is 0.263 e. The number of amides is 1. The van der Waals surface area contributed by atoms with Crippen molar-refractivity contribution in [3.8, 4) is 0 Å². The van der Waals surface area contributed by atoms with Crippen molar-refractivity contribution in [3.05, 3.63) is 52.2 Å². The Labute approximate surface area is 146 Å². The zero-order valence-electron chi connectivity index (χ0n) is 13.5. The molecule has 0 radical (unpaired) electrons. The van der Waals surface area contributed by atoms with Gasteiger partial charge in [0, 0.05) is 26.2 Å². The van der Waals surface area contributed by atoms with E-state index < -0.39 is 10.0 Å². The number of hydrogen-bond acceptors (Lipinski definition) is 4. The van der Waals surface area contributed by atoms with Crippen molar-refractivity contribution < 1.29 is 13.2 Å². The van der Waals surface area contributed by atoms with E-state index in [9.17, 15) is 13.2 Å². The van der Waals surface area contributed by atoms with Gasteiger partial charge in [-0.25, -0.2) is 8.42 Å². The number of nitrogens with zero attached hydrogens (tertiary/aromatic N) is 2. The van der Waals surface area contributed by atoms with Crippen LogP contribution in [0.4, 0.5) is 0 Å². The van der Waals surface area contributed by atoms with E-state index >= 15 is 0 Å². The van der Waals surface area contributed by atoms with E-state index in [0.29, 0.717) is 42.4 Å². The number of carbonyl (C=O) groups is 1. The summed E-state index contributed by atoms with van der Waals surface area (Å²) in [5.74, 6) is -0.0143. The summed E-state index contributed by atoms with van der Waals surface area (Å²) < 4.78 is 27.0. The summed E-state index contributed by atoms with van der Waals surface area (Å²) in [4.78, 5) is 15.2. The van der Waals surface area contributed by atoms with Crippen LogP contribution in [0.5, 0.6) is 0 Å². The molecule has 1 fully saturated rings. The van der Waals surface area contributed by atoms with Gasteiger partial charge in [0.05, 0.1) is 9.77 Å². The van der Waals surface area contributed by atoms with Gasteiger partial charge in [0.25, 0.3) is 5.91 Å². The third kappa shape index (κ3) is 3.53. The Morgan fingerprint density at radius 2 is 1.79 bits per heavy atom. The van der Waals surface area contributed by atoms with Crippen molar-refractivity contribution >= 4 is 27.3 Å². The molecule has 1 aliphatic rings. The maximum atomic E-state index is 12.8. The molecule has 0 aliphatic carbocycles. The van der Waals surface area contributed by atoms with Gasteiger partial charge < -0.3 is 4.90 Å². The maximum absolute atomic E-state index is 12.8. The van der Waals surface area contributed by atoms with Crippen molar-refractivity contribution in [2.75, 3.05) is 26.2 Å². The molecule has 3 rings (SSSR count). The minimum atomic E-state index is -3.51. The summed E-state index contributed by atoms with van der Waals surface area (Å²) in [7, 11) is -3.51. The summed E-state index contributed by atoms with van der Waals surface area (Å²) in [6.45, 7) is 3.69. The molecule has 1 saturated heterocycles. The first-order chi connectivity index (χ1) is 11.5. The Bertz CT molecular complexity index is 799. The molecule has 0 spiro atoms. The van der Waals surface area contributed by atoms with Gasteiger partial charge in [-0.3, -0.25) is 4.79 Å². The largest absolute Gasteiger partial charge is 0.337 e. The number of sulfonamides is 1. The van der Waals surface area contributed by atoms with Crippen molar-refractivity contribution in [2.24, 2.45) is 0 Å². The molecule has 1 aliphatic heterocycles. The average molecular weight is 364 g/mol. The number of carbonyl (C=O) groups excluding carboxylic acids is 1. The standard InChI is InChI=1S/C17H20N2O3S2/c1-14-5-7-15(8-6-14)24(21,22)19-10-3-9-18(11-12-19)17(20)16-4-2-13-23-16/h2,4-8,13H,3,9-12H2,1H3. The first-order valence-corrected chi connectivity index (χ1v) is 10.2. The van der Waals surface area contributed by atoms with E-state index in [4.69, 9.17) is 0 Å². The van der Waals surface area contributed by atoms with Gasteiger partial charge in [0.1, 0.15) is 0 Å². The molecule has 5 nitrogen and oxygen atoms in total. The van der Waals surface area contributed by atoms with E-state index in [0.717, 1.165) is 5.56 Å². The van der Waals surface area contributed by atoms with E-state index in [-0.39, 0.29) is 5.91 Å². The molecule has 2 aromatic rings. The van der Waals surface area contributed by atoms with Crippen LogP contribution in [-0.2, 0) is 10.0 Å². The van der Waals surface area contributed by atoms with E-state index in [1.807, 2.05) is 18.4 Å². The fourth-order valence-corrected chi connectivity index (χ4v) is 4.91. The molecule has 1 aromatic carbocycles. The van der Waals surface area contributed by atoms with Gasteiger partial charge in [-0.2, -0.15) is 4.31 Å². The monoisotopic (exact) mass is 364 g/mol. The van der Waals surface area contributed by atoms with Crippen LogP contribution in [0.2, 0.25) is 0 Å². The highest BCUT2D eigenvalue weighted by Gasteiger charge is 2.28. The Kier molecular flexibility index (Phi) is 5.03. The normalized spacial score (nSPS) is 16.8. The molecule has 1 amide bonds. The Morgan fingerprint density at radius 1 is 1.04 bits per heavy atom. The van der Waals surface area contributed by atoms with Crippen LogP contribution in [0.1, 0.15) is 21.7 Å². The molecular formula is C17H20N2O3S2. The molecule has 2 heterocycles. The molecular weight excluding hydrogens is 344 g/mol. The fourth-order valence-electron chi connectivity index (χ4n) is 2.75. The summed E-state index contributed by atoms with van der Waals surface area (Å²) in [5, 5.41) is 1.87. The number of rotatable bonds is 3. The van der Waals surface area contributed by atoms with Crippen LogP contribution in [0.25, 0.3) is 0 Å². The number of thiophene rings is 1. The van der Waals surface area contributed by atoms with Gasteiger partial charge in [-0.15, -0.1) is 11.3 Å². The zero-order chi connectivity index (χ0) is 17.2. The highest BCUT2D eigenvalue weighted by molar-refractivity contribution is 7.89. The minimum absolute atomic E-state index is 0.0143. The molecule has 24 heavy (non-hydrogen) atoms. The zero-order valence-corrected chi connectivity index (χ0v) is 15.1. The first-order valence-electron chi connectivity index (χ1n) is 7.88. The van der Waals surface area contributed by atoms with Gasteiger partial charge in [-0.05, 0) is 36.9 Å². The predicted octanol–water partition coefficient (Wildman–Crippen LogP) is 2.59. The lowest BCUT2D eigenvalue weighted by atomic mass is 10.2. The smallest absolute Gasteiger partial charge is 0.263 e. The third-order valence-electron chi connectivity index (χ3n) is 4.13. The second-order valence-corrected chi connectivity index (χ2v) is 8.73. The summed E-state index contributed by atoms with van der Waals surface area (Å²) >= 11 is 1.41. The van der Waals surface area contributed by atoms with Gasteiger partial charge in [0.15, 0.2) is 0 Å². The SMILES string of the molecule is Cc1ccc(S(=O)(=O)N2CCCN(C(=O)c3cccs3)CC2)cc1. The molecule has 0 bridgehead atoms. The second kappa shape index (κ2) is 7.04. The molecule has 7 heteroatoms. The highest BCUT2D eigenvalue weighted by Crippen LogP contribution is 2.20. The van der Waals surface area contributed by atoms with Crippen molar-refractivity contribution in [1.29, 1.82) is 0 Å². The quantitative estimate of drug-likeness (QED) is 0.841. The average Bonchev–Trinajstić information content (AvgIpc) is 2.98. The molecule has 0 unspecified atom stereocenters. The Hall–Kier alpha value is -1.70. The van der Waals surface area contributed by atoms with Crippen LogP contribution in [-0.4, -0.2) is 49.7 Å². The second-order valence-electron chi connectivity index (χ2n) is 5.84. The van der Waals surface area contributed by atoms with Crippen LogP contribution in [0, 0.1) is 6.92 Å². The predicted molar refractivity (Wildman–Crippen MR) is 94.8 cm³/mol. The molecule has 0 atom stereocenters. The Morgan fingerprint density at radius 3 is 2.46 bits per heavy atom. The van der Waals surface area contributed by atoms with Crippen LogP contribution >= 0.6 is 11.3 Å². The molecule has 0 N–H and O–H groups in total. The third-order valence-corrected chi connectivity index (χ3v) is 6.90. The fraction of sp³-hybridized carbons (Fsp3) is 0.353. The van der Waals surface area contributed by atoms with E-state index in [1.54, 1.807) is 35.2 Å². The summed E-state index contributed by atoms with van der Waals surface area (Å²) in [6.07, 6.45) is 0.641. The van der Waals surface area contributed by atoms with Gasteiger partial charge in [0.2, 0.25) is 10.0 Å². The van der Waals surface area contributed by atoms with Crippen molar-refractivity contribution in [1.82, 2.24) is 9.21 Å². The van der Waals surface area contributed by atoms with Crippen molar-refractivity contribution in [3.63, 3.8) is 0 Å². The molecule has 0 saturated carbocycles. The summed E-state index contributed by atoms with van der Waals surface area (Å²) in [5.41, 5.74) is 1.03. The highest BCUT2D eigenvalue weighted by atomic mass is 32.2. The summed E-state index contributed by atoms with van der Waals surface area (Å²) in [6, 6.07) is 10.5. The number of hydrogen-bond donors (Lipinski definition) is 0. The first kappa shape index (κ1) is 17.1. The number of aryl methyl sites for hydroxylation is 1. The van der Waals surface area contributed by atoms with E-state index in [1.165, 1.54) is 15.6 Å². The Balaban J connectivity index is 1.73. The topological polar surface area (TPSA) is 57.7 Å². The van der Waals surface area contributed by atoms with Gasteiger partial charge >= 0.3 is 0 Å². The lowest BCUT2D eigenvalue weighted by Crippen LogP contribution is -2.37. The minimum Gasteiger partial charge on any atom is -0.337 e. The van der Waals surface area contributed by atoms with Crippen LogP contribution < -0.4 is 0 Å². The van der Waals surface area contributed by atoms with Crippen LogP contribution in [0.15, 0.2) is 46.7 Å². The molecule has 128 valence electrons. The molecule has 1 aromatic heterocycles. The van der Waals surface area contributed by atoms with E-state index in [2.05, 4.69) is 0 Å².